The summed E-state index contributed by atoms with van der Waals surface area (Å²) in [4.78, 5) is 15.8. The van der Waals surface area contributed by atoms with Crippen molar-refractivity contribution >= 4 is 17.0 Å². The third-order valence-corrected chi connectivity index (χ3v) is 4.29. The van der Waals surface area contributed by atoms with Crippen molar-refractivity contribution in [3.05, 3.63) is 53.8 Å². The van der Waals surface area contributed by atoms with E-state index in [1.54, 1.807) is 6.07 Å². The van der Waals surface area contributed by atoms with Gasteiger partial charge in [0.25, 0.3) is 0 Å². The normalized spacial score (nSPS) is 20.5. The van der Waals surface area contributed by atoms with E-state index in [1.165, 1.54) is 12.1 Å². The molecule has 0 bridgehead atoms. The first-order valence-corrected chi connectivity index (χ1v) is 7.69. The lowest BCUT2D eigenvalue weighted by Gasteiger charge is -2.16. The Kier molecular flexibility index (Phi) is 3.54. The molecule has 1 aliphatic rings. The van der Waals surface area contributed by atoms with Gasteiger partial charge in [-0.25, -0.2) is 9.37 Å². The van der Waals surface area contributed by atoms with Gasteiger partial charge in [-0.1, -0.05) is 12.1 Å². The number of benzene rings is 2. The van der Waals surface area contributed by atoms with Gasteiger partial charge >= 0.3 is 0 Å². The van der Waals surface area contributed by atoms with Crippen LogP contribution in [0.2, 0.25) is 0 Å². The van der Waals surface area contributed by atoms with Crippen LogP contribution in [0.3, 0.4) is 0 Å². The summed E-state index contributed by atoms with van der Waals surface area (Å²) in [5.74, 6) is -0.594. The number of halogens is 1. The van der Waals surface area contributed by atoms with Crippen LogP contribution in [0.15, 0.2) is 46.9 Å². The number of nitrogens with two attached hydrogens (primary N) is 1. The minimum absolute atomic E-state index is 0.303. The summed E-state index contributed by atoms with van der Waals surface area (Å²) in [7, 11) is 0. The van der Waals surface area contributed by atoms with E-state index in [2.05, 4.69) is 4.98 Å². The highest BCUT2D eigenvalue weighted by Gasteiger charge is 2.33. The number of carbonyl (C=O) groups excluding carboxylic acids is 1. The van der Waals surface area contributed by atoms with Crippen molar-refractivity contribution in [1.82, 2.24) is 4.98 Å². The van der Waals surface area contributed by atoms with Crippen LogP contribution >= 0.6 is 0 Å². The average molecular weight is 326 g/mol. The molecule has 1 saturated heterocycles. The van der Waals surface area contributed by atoms with Gasteiger partial charge < -0.3 is 14.9 Å². The van der Waals surface area contributed by atoms with E-state index in [0.717, 1.165) is 11.1 Å². The van der Waals surface area contributed by atoms with Gasteiger partial charge in [0.15, 0.2) is 5.58 Å². The van der Waals surface area contributed by atoms with Gasteiger partial charge in [0.1, 0.15) is 11.3 Å². The van der Waals surface area contributed by atoms with Crippen molar-refractivity contribution in [3.8, 4) is 11.5 Å². The molecule has 24 heavy (non-hydrogen) atoms. The molecule has 0 aliphatic carbocycles. The van der Waals surface area contributed by atoms with Crippen molar-refractivity contribution in [2.45, 2.75) is 12.5 Å². The van der Waals surface area contributed by atoms with Crippen LogP contribution in [0.25, 0.3) is 22.6 Å². The summed E-state index contributed by atoms with van der Waals surface area (Å²) in [6.07, 6.45) is 0.326. The quantitative estimate of drug-likeness (QED) is 0.801. The van der Waals surface area contributed by atoms with Crippen molar-refractivity contribution in [2.75, 3.05) is 6.61 Å². The van der Waals surface area contributed by atoms with Gasteiger partial charge in [0.2, 0.25) is 11.8 Å². The summed E-state index contributed by atoms with van der Waals surface area (Å²) in [5, 5.41) is 0. The minimum atomic E-state index is -0.364. The van der Waals surface area contributed by atoms with Crippen LogP contribution in [-0.2, 0) is 9.53 Å². The first-order valence-electron chi connectivity index (χ1n) is 7.69. The molecule has 1 amide bonds. The zero-order chi connectivity index (χ0) is 16.7. The molecule has 1 aliphatic heterocycles. The molecule has 2 unspecified atom stereocenters. The van der Waals surface area contributed by atoms with Crippen LogP contribution in [0.4, 0.5) is 4.39 Å². The molecular formula is C18H15FN2O3. The van der Waals surface area contributed by atoms with E-state index in [1.807, 2.05) is 24.3 Å². The number of nitrogens with zero attached hydrogens (tertiary/aromatic N) is 1. The molecule has 5 nitrogen and oxygen atoms in total. The van der Waals surface area contributed by atoms with Crippen LogP contribution in [0, 0.1) is 11.7 Å². The number of fused-ring (bicyclic) bond motifs is 1. The highest BCUT2D eigenvalue weighted by atomic mass is 19.1. The highest BCUT2D eigenvalue weighted by Crippen LogP contribution is 2.35. The molecule has 0 radical (unpaired) electrons. The third kappa shape index (κ3) is 2.55. The van der Waals surface area contributed by atoms with E-state index in [-0.39, 0.29) is 23.7 Å². The number of oxazole rings is 1. The number of aromatic nitrogens is 1. The smallest absolute Gasteiger partial charge is 0.227 e. The Balaban J connectivity index is 1.64. The number of carbonyl (C=O) groups is 1. The SMILES string of the molecule is NC(=O)C1CCOC1c1ccc(-c2nc3ccc(F)cc3o2)cc1. The number of amides is 1. The van der Waals surface area contributed by atoms with Gasteiger partial charge in [0.05, 0.1) is 12.0 Å². The van der Waals surface area contributed by atoms with Crippen LogP contribution in [0.5, 0.6) is 0 Å². The molecule has 1 fully saturated rings. The molecule has 122 valence electrons. The largest absolute Gasteiger partial charge is 0.436 e. The fourth-order valence-electron chi connectivity index (χ4n) is 3.05. The number of hydrogen-bond acceptors (Lipinski definition) is 4. The fraction of sp³-hybridized carbons (Fsp3) is 0.222. The molecule has 2 atom stereocenters. The topological polar surface area (TPSA) is 78.4 Å². The van der Waals surface area contributed by atoms with Crippen LogP contribution in [-0.4, -0.2) is 17.5 Å². The van der Waals surface area contributed by atoms with Crippen LogP contribution in [0.1, 0.15) is 18.1 Å². The van der Waals surface area contributed by atoms with E-state index in [0.29, 0.717) is 30.0 Å². The second-order valence-electron chi connectivity index (χ2n) is 5.84. The maximum Gasteiger partial charge on any atom is 0.227 e. The minimum Gasteiger partial charge on any atom is -0.436 e. The van der Waals surface area contributed by atoms with Crippen molar-refractivity contribution in [2.24, 2.45) is 11.7 Å². The summed E-state index contributed by atoms with van der Waals surface area (Å²) in [6.45, 7) is 0.525. The molecule has 2 heterocycles. The second-order valence-corrected chi connectivity index (χ2v) is 5.84. The molecular weight excluding hydrogens is 311 g/mol. The standard InChI is InChI=1S/C18H15FN2O3/c19-12-5-6-14-15(9-12)24-18(21-14)11-3-1-10(2-4-11)16-13(17(20)22)7-8-23-16/h1-6,9,13,16H,7-8H2,(H2,20,22). The monoisotopic (exact) mass is 326 g/mol. The lowest BCUT2D eigenvalue weighted by Crippen LogP contribution is -2.25. The molecule has 2 aromatic carbocycles. The highest BCUT2D eigenvalue weighted by molar-refractivity contribution is 5.78. The fourth-order valence-corrected chi connectivity index (χ4v) is 3.05. The number of ether oxygens (including phenoxy) is 1. The third-order valence-electron chi connectivity index (χ3n) is 4.29. The first-order chi connectivity index (χ1) is 11.6. The lowest BCUT2D eigenvalue weighted by molar-refractivity contribution is -0.123. The van der Waals surface area contributed by atoms with E-state index >= 15 is 0 Å². The summed E-state index contributed by atoms with van der Waals surface area (Å²) in [5.41, 5.74) is 8.09. The van der Waals surface area contributed by atoms with Crippen molar-refractivity contribution in [3.63, 3.8) is 0 Å². The Bertz CT molecular complexity index is 904. The van der Waals surface area contributed by atoms with Crippen LogP contribution < -0.4 is 5.73 Å². The average Bonchev–Trinajstić information content (AvgIpc) is 3.21. The van der Waals surface area contributed by atoms with E-state index in [9.17, 15) is 9.18 Å². The number of primary amides is 1. The zero-order valence-corrected chi connectivity index (χ0v) is 12.7. The van der Waals surface area contributed by atoms with E-state index in [4.69, 9.17) is 14.9 Å². The number of hydrogen-bond donors (Lipinski definition) is 1. The maximum absolute atomic E-state index is 13.2. The van der Waals surface area contributed by atoms with Crippen molar-refractivity contribution in [1.29, 1.82) is 0 Å². The Morgan fingerprint density at radius 1 is 1.21 bits per heavy atom. The molecule has 4 rings (SSSR count). The Morgan fingerprint density at radius 3 is 2.75 bits per heavy atom. The summed E-state index contributed by atoms with van der Waals surface area (Å²) in [6, 6.07) is 11.7. The van der Waals surface area contributed by atoms with Gasteiger partial charge in [-0.05, 0) is 36.2 Å². The predicted octanol–water partition coefficient (Wildman–Crippen LogP) is 3.20. The Hall–Kier alpha value is -2.73. The molecule has 1 aromatic heterocycles. The zero-order valence-electron chi connectivity index (χ0n) is 12.7. The summed E-state index contributed by atoms with van der Waals surface area (Å²) >= 11 is 0. The molecule has 3 aromatic rings. The number of rotatable bonds is 3. The van der Waals surface area contributed by atoms with Gasteiger partial charge in [-0.2, -0.15) is 0 Å². The predicted molar refractivity (Wildman–Crippen MR) is 85.4 cm³/mol. The molecule has 6 heteroatoms. The second kappa shape index (κ2) is 5.72. The Labute approximate surface area is 137 Å². The molecule has 0 spiro atoms. The van der Waals surface area contributed by atoms with Crippen molar-refractivity contribution < 1.29 is 18.3 Å². The Morgan fingerprint density at radius 2 is 2.00 bits per heavy atom. The maximum atomic E-state index is 13.2. The molecule has 0 saturated carbocycles. The van der Waals surface area contributed by atoms with Gasteiger partial charge in [-0.15, -0.1) is 0 Å². The lowest BCUT2D eigenvalue weighted by atomic mass is 9.94. The summed E-state index contributed by atoms with van der Waals surface area (Å²) < 4.78 is 24.5. The first kappa shape index (κ1) is 14.8. The van der Waals surface area contributed by atoms with E-state index < -0.39 is 0 Å². The van der Waals surface area contributed by atoms with Gasteiger partial charge in [-0.3, -0.25) is 4.79 Å². The van der Waals surface area contributed by atoms with Gasteiger partial charge in [0, 0.05) is 18.2 Å². The molecule has 2 N–H and O–H groups in total.